The topological polar surface area (TPSA) is 57.6 Å². The zero-order valence-corrected chi connectivity index (χ0v) is 19.1. The zero-order valence-electron chi connectivity index (χ0n) is 19.1. The second-order valence-electron chi connectivity index (χ2n) is 13.4. The summed E-state index contributed by atoms with van der Waals surface area (Å²) in [5.74, 6) is 2.47. The van der Waals surface area contributed by atoms with E-state index >= 15 is 0 Å². The van der Waals surface area contributed by atoms with E-state index in [1.54, 1.807) is 0 Å². The Morgan fingerprint density at radius 2 is 1.17 bits per heavy atom. The molecule has 8 fully saturated rings. The van der Waals surface area contributed by atoms with Gasteiger partial charge in [0.2, 0.25) is 5.91 Å². The number of carboxylic acid groups (broad SMARTS) is 1. The fourth-order valence-corrected chi connectivity index (χ4v) is 10.9. The predicted octanol–water partition coefficient (Wildman–Crippen LogP) is 5.11. The lowest BCUT2D eigenvalue weighted by atomic mass is 9.31. The highest BCUT2D eigenvalue weighted by atomic mass is 16.4. The van der Waals surface area contributed by atoms with E-state index in [1.165, 1.54) is 38.5 Å². The van der Waals surface area contributed by atoms with Crippen LogP contribution >= 0.6 is 0 Å². The predicted molar refractivity (Wildman–Crippen MR) is 115 cm³/mol. The fraction of sp³-hybridized carbons (Fsp3) is 0.923. The van der Waals surface area contributed by atoms with Gasteiger partial charge in [0.1, 0.15) is 0 Å². The molecule has 8 bridgehead atoms. The van der Waals surface area contributed by atoms with E-state index < -0.39 is 11.4 Å². The highest BCUT2D eigenvalue weighted by Crippen LogP contribution is 2.78. The third kappa shape index (κ3) is 2.34. The number of aliphatic carboxylic acids is 1. The van der Waals surface area contributed by atoms with Gasteiger partial charge in [0.05, 0.1) is 10.8 Å². The van der Waals surface area contributed by atoms with Crippen LogP contribution in [0.2, 0.25) is 0 Å². The normalized spacial score (nSPS) is 52.8. The van der Waals surface area contributed by atoms with Crippen LogP contribution in [0.15, 0.2) is 0 Å². The zero-order chi connectivity index (χ0) is 21.1. The summed E-state index contributed by atoms with van der Waals surface area (Å²) >= 11 is 0. The Morgan fingerprint density at radius 1 is 0.767 bits per heavy atom. The molecular formula is C26H39NO3. The van der Waals surface area contributed by atoms with E-state index in [9.17, 15) is 14.7 Å². The number of nitrogens with zero attached hydrogens (tertiary/aromatic N) is 1. The molecule has 1 N–H and O–H groups in total. The smallest absolute Gasteiger partial charge is 0.309 e. The van der Waals surface area contributed by atoms with Crippen LogP contribution in [-0.4, -0.2) is 35.0 Å². The average molecular weight is 414 g/mol. The summed E-state index contributed by atoms with van der Waals surface area (Å²) in [7, 11) is 2.00. The summed E-state index contributed by atoms with van der Waals surface area (Å²) in [5.41, 5.74) is -0.208. The van der Waals surface area contributed by atoms with Gasteiger partial charge in [0, 0.05) is 13.1 Å². The number of carbonyl (C=O) groups is 2. The molecular weight excluding hydrogens is 374 g/mol. The van der Waals surface area contributed by atoms with Gasteiger partial charge in [-0.25, -0.2) is 0 Å². The summed E-state index contributed by atoms with van der Waals surface area (Å²) in [5, 5.41) is 10.3. The molecule has 8 saturated carbocycles. The number of amides is 1. The van der Waals surface area contributed by atoms with Crippen molar-refractivity contribution >= 4 is 11.9 Å². The summed E-state index contributed by atoms with van der Waals surface area (Å²) in [6.45, 7) is 4.26. The van der Waals surface area contributed by atoms with Crippen molar-refractivity contribution in [1.82, 2.24) is 4.90 Å². The minimum atomic E-state index is -0.518. The molecule has 0 aromatic rings. The van der Waals surface area contributed by atoms with Crippen molar-refractivity contribution in [3.63, 3.8) is 0 Å². The Labute approximate surface area is 181 Å². The third-order valence-electron chi connectivity index (χ3n) is 11.2. The van der Waals surface area contributed by atoms with Gasteiger partial charge >= 0.3 is 5.97 Å². The van der Waals surface area contributed by atoms with Gasteiger partial charge in [-0.05, 0) is 125 Å². The van der Waals surface area contributed by atoms with Crippen molar-refractivity contribution in [2.75, 3.05) is 7.05 Å². The molecule has 4 atom stereocenters. The van der Waals surface area contributed by atoms with Crippen LogP contribution in [0.1, 0.15) is 90.9 Å². The lowest BCUT2D eigenvalue weighted by molar-refractivity contribution is -0.240. The van der Waals surface area contributed by atoms with Crippen molar-refractivity contribution in [3.05, 3.63) is 0 Å². The van der Waals surface area contributed by atoms with Crippen molar-refractivity contribution in [2.45, 2.75) is 96.9 Å². The first-order chi connectivity index (χ1) is 14.1. The fourth-order valence-electron chi connectivity index (χ4n) is 10.9. The molecule has 0 saturated heterocycles. The molecule has 1 amide bonds. The van der Waals surface area contributed by atoms with Crippen molar-refractivity contribution in [1.29, 1.82) is 0 Å². The van der Waals surface area contributed by atoms with Crippen LogP contribution in [0, 0.1) is 45.3 Å². The van der Waals surface area contributed by atoms with Crippen LogP contribution in [0.5, 0.6) is 0 Å². The van der Waals surface area contributed by atoms with Gasteiger partial charge in [0.25, 0.3) is 0 Å². The molecule has 0 radical (unpaired) electrons. The quantitative estimate of drug-likeness (QED) is 0.697. The van der Waals surface area contributed by atoms with E-state index in [0.29, 0.717) is 29.6 Å². The number of hydrogen-bond donors (Lipinski definition) is 1. The summed E-state index contributed by atoms with van der Waals surface area (Å²) in [6.07, 6.45) is 13.6. The minimum Gasteiger partial charge on any atom is -0.481 e. The summed E-state index contributed by atoms with van der Waals surface area (Å²) < 4.78 is 0. The summed E-state index contributed by atoms with van der Waals surface area (Å²) in [6, 6.07) is 0.247. The van der Waals surface area contributed by atoms with Crippen LogP contribution in [0.25, 0.3) is 0 Å². The highest BCUT2D eigenvalue weighted by Gasteiger charge is 2.72. The maximum absolute atomic E-state index is 13.8. The van der Waals surface area contributed by atoms with E-state index in [-0.39, 0.29) is 22.3 Å². The van der Waals surface area contributed by atoms with Gasteiger partial charge < -0.3 is 10.0 Å². The molecule has 0 aliphatic heterocycles. The SMILES string of the molecule is CC(C)N(C)C(=O)C12CC3CC(C1)CC(C14CC5CC(CC(C(=O)O)(C5)C1)C4)(C3)C2. The van der Waals surface area contributed by atoms with Crippen molar-refractivity contribution < 1.29 is 14.7 Å². The molecule has 0 heterocycles. The summed E-state index contributed by atoms with van der Waals surface area (Å²) in [4.78, 5) is 28.3. The molecule has 30 heavy (non-hydrogen) atoms. The van der Waals surface area contributed by atoms with Crippen LogP contribution in [-0.2, 0) is 9.59 Å². The van der Waals surface area contributed by atoms with Gasteiger partial charge in [-0.1, -0.05) is 0 Å². The first-order valence-electron chi connectivity index (χ1n) is 12.6. The van der Waals surface area contributed by atoms with Gasteiger partial charge in [-0.15, -0.1) is 0 Å². The van der Waals surface area contributed by atoms with Crippen LogP contribution < -0.4 is 0 Å². The number of carboxylic acids is 1. The van der Waals surface area contributed by atoms with Crippen LogP contribution in [0.4, 0.5) is 0 Å². The van der Waals surface area contributed by atoms with Gasteiger partial charge in [-0.2, -0.15) is 0 Å². The molecule has 4 unspecified atom stereocenters. The molecule has 166 valence electrons. The molecule has 8 rings (SSSR count). The molecule has 0 aromatic carbocycles. The Bertz CT molecular complexity index is 772. The lowest BCUT2D eigenvalue weighted by Gasteiger charge is -2.73. The largest absolute Gasteiger partial charge is 0.481 e. The molecule has 4 nitrogen and oxygen atoms in total. The standard InChI is InChI=1S/C26H39NO3/c1-16(2)27(3)21(28)23-6-17-4-18(7-23)11-25(10-17,14-23)26-12-19-5-20(13-26)9-24(8-19,15-26)22(29)30/h16-20H,4-15H2,1-3H3,(H,29,30). The van der Waals surface area contributed by atoms with Crippen molar-refractivity contribution in [3.8, 4) is 0 Å². The Morgan fingerprint density at radius 3 is 1.57 bits per heavy atom. The molecule has 0 spiro atoms. The third-order valence-corrected chi connectivity index (χ3v) is 11.2. The second kappa shape index (κ2) is 5.84. The van der Waals surface area contributed by atoms with E-state index in [4.69, 9.17) is 0 Å². The maximum atomic E-state index is 13.8. The van der Waals surface area contributed by atoms with Crippen molar-refractivity contribution in [2.24, 2.45) is 45.3 Å². The highest BCUT2D eigenvalue weighted by molar-refractivity contribution is 5.83. The number of carbonyl (C=O) groups excluding carboxylic acids is 1. The minimum absolute atomic E-state index is 0.164. The second-order valence-corrected chi connectivity index (χ2v) is 13.4. The molecule has 0 aromatic heterocycles. The van der Waals surface area contributed by atoms with Gasteiger partial charge in [0.15, 0.2) is 0 Å². The van der Waals surface area contributed by atoms with Crippen LogP contribution in [0.3, 0.4) is 0 Å². The molecule has 4 heteroatoms. The average Bonchev–Trinajstić information content (AvgIpc) is 2.64. The van der Waals surface area contributed by atoms with Gasteiger partial charge in [-0.3, -0.25) is 9.59 Å². The number of hydrogen-bond acceptors (Lipinski definition) is 2. The molecule has 8 aliphatic carbocycles. The lowest BCUT2D eigenvalue weighted by Crippen LogP contribution is -2.67. The first kappa shape index (κ1) is 19.6. The Kier molecular flexibility index (Phi) is 3.82. The monoisotopic (exact) mass is 413 g/mol. The van der Waals surface area contributed by atoms with E-state index in [0.717, 1.165) is 38.5 Å². The number of rotatable bonds is 4. The Balaban J connectivity index is 1.41. The molecule has 8 aliphatic rings. The maximum Gasteiger partial charge on any atom is 0.309 e. The van der Waals surface area contributed by atoms with E-state index in [1.807, 2.05) is 11.9 Å². The van der Waals surface area contributed by atoms with E-state index in [2.05, 4.69) is 13.8 Å². The Hall–Kier alpha value is -1.06. The first-order valence-corrected chi connectivity index (χ1v) is 12.6.